The van der Waals surface area contributed by atoms with Crippen LogP contribution in [0.4, 0.5) is 0 Å². The highest BCUT2D eigenvalue weighted by molar-refractivity contribution is 5.85. The number of methoxy groups -OCH3 is 2. The van der Waals surface area contributed by atoms with Gasteiger partial charge in [0, 0.05) is 56.3 Å². The van der Waals surface area contributed by atoms with Crippen LogP contribution in [-0.4, -0.2) is 142 Å². The normalized spacial score (nSPS) is 35.9. The number of aliphatic hydroxyl groups excluding tert-OH is 3. The summed E-state index contributed by atoms with van der Waals surface area (Å²) in [5.41, 5.74) is -2.16. The van der Waals surface area contributed by atoms with Crippen LogP contribution in [0.2, 0.25) is 0 Å². The van der Waals surface area contributed by atoms with E-state index in [2.05, 4.69) is 0 Å². The molecule has 3 saturated heterocycles. The van der Waals surface area contributed by atoms with Crippen LogP contribution in [-0.2, 0) is 61.9 Å². The minimum Gasteiger partial charge on any atom is -0.466 e. The number of cyclic esters (lactones) is 1. The quantitative estimate of drug-likeness (QED) is 0.0731. The zero-order chi connectivity index (χ0) is 48.5. The first-order chi connectivity index (χ1) is 30.3. The van der Waals surface area contributed by atoms with E-state index in [1.807, 2.05) is 0 Å². The fourth-order valence-corrected chi connectivity index (χ4v) is 8.56. The van der Waals surface area contributed by atoms with Gasteiger partial charge in [-0.05, 0) is 38.2 Å². The number of carbonyl (C=O) groups is 5. The van der Waals surface area contributed by atoms with Gasteiger partial charge in [0.25, 0.3) is 0 Å². The van der Waals surface area contributed by atoms with Gasteiger partial charge in [-0.25, -0.2) is 14.4 Å². The van der Waals surface area contributed by atoms with E-state index in [9.17, 15) is 49.5 Å². The van der Waals surface area contributed by atoms with Crippen molar-refractivity contribution in [3.05, 3.63) is 59.8 Å². The number of aliphatic hydroxyl groups is 5. The lowest BCUT2D eigenvalue weighted by Gasteiger charge is -2.53. The molecule has 18 nitrogen and oxygen atoms in total. The number of fused-ring (bicyclic) bond motifs is 6. The number of rotatable bonds is 9. The third-order valence-electron chi connectivity index (χ3n) is 12.5. The minimum atomic E-state index is -2.51. The molecular weight excluding hydrogens is 852 g/mol. The molecule has 364 valence electrons. The molecule has 0 aromatic rings. The van der Waals surface area contributed by atoms with Crippen LogP contribution in [0.5, 0.6) is 0 Å². The average Bonchev–Trinajstić information content (AvgIpc) is 3.20. The molecule has 6 bridgehead atoms. The average molecular weight is 921 g/mol. The monoisotopic (exact) mass is 920 g/mol. The first-order valence-electron chi connectivity index (χ1n) is 22.0. The van der Waals surface area contributed by atoms with Gasteiger partial charge in [0.15, 0.2) is 11.9 Å². The van der Waals surface area contributed by atoms with E-state index in [0.717, 1.165) is 19.3 Å². The summed E-state index contributed by atoms with van der Waals surface area (Å²) in [6.07, 6.45) is -0.770. The number of hydrogen-bond acceptors (Lipinski definition) is 18. The molecule has 5 N–H and O–H groups in total. The van der Waals surface area contributed by atoms with E-state index in [1.165, 1.54) is 45.3 Å². The van der Waals surface area contributed by atoms with Crippen LogP contribution in [0, 0.1) is 10.8 Å². The summed E-state index contributed by atoms with van der Waals surface area (Å²) in [5.74, 6) is -8.52. The van der Waals surface area contributed by atoms with Crippen LogP contribution in [0.15, 0.2) is 59.8 Å². The summed E-state index contributed by atoms with van der Waals surface area (Å²) in [7, 11) is 2.38. The molecule has 0 aromatic heterocycles. The van der Waals surface area contributed by atoms with Gasteiger partial charge in [0.05, 0.1) is 68.8 Å². The number of allylic oxidation sites excluding steroid dienone is 2. The summed E-state index contributed by atoms with van der Waals surface area (Å²) in [6, 6.07) is 0. The Hall–Kier alpha value is -4.27. The highest BCUT2D eigenvalue weighted by atomic mass is 16.7. The summed E-state index contributed by atoms with van der Waals surface area (Å²) >= 11 is 0. The van der Waals surface area contributed by atoms with Gasteiger partial charge in [0.2, 0.25) is 5.79 Å². The molecule has 4 aliphatic heterocycles. The van der Waals surface area contributed by atoms with Crippen molar-refractivity contribution in [1.82, 2.24) is 0 Å². The van der Waals surface area contributed by atoms with E-state index in [4.69, 9.17) is 37.9 Å². The standard InChI is InChI=1S/C47H68O18/c1-10-31(50)13-11-12-14-39(52)63-43-30(21-41(54)59-9)20-34-24-37(27(2)48)62-42(55)23-32(51)22-35-25-38(60-28(3)49)45(6,7)46(56,64-35)26-36-18-29(19-40(53)58-8)17-33(61-36)15-16-44(4,5)47(43,57)65-34/h11-16,19,21,27,31-38,43,48,50-51,56-57H,10,17-18,20,22-26H2,1-9H3/b13-11+,14-12+,16-15-,29-19+,30-21+/t27-,31?,32+,33+,34+,35-,36+,37?,38+,43+,46+,47-/m1/s1. The molecule has 4 aliphatic rings. The molecule has 12 atom stereocenters. The Balaban J connectivity index is 1.89. The van der Waals surface area contributed by atoms with E-state index >= 15 is 0 Å². The summed E-state index contributed by atoms with van der Waals surface area (Å²) < 4.78 is 46.6. The maximum absolute atomic E-state index is 13.4. The Morgan fingerprint density at radius 3 is 2.17 bits per heavy atom. The lowest BCUT2D eigenvalue weighted by molar-refractivity contribution is -0.348. The van der Waals surface area contributed by atoms with Crippen LogP contribution in [0.25, 0.3) is 0 Å². The zero-order valence-corrected chi connectivity index (χ0v) is 38.8. The molecule has 65 heavy (non-hydrogen) atoms. The number of esters is 5. The Kier molecular flexibility index (Phi) is 18.5. The second-order valence-corrected chi connectivity index (χ2v) is 18.4. The van der Waals surface area contributed by atoms with Gasteiger partial charge in [-0.15, -0.1) is 0 Å². The molecule has 0 amide bonds. The number of hydrogen-bond donors (Lipinski definition) is 5. The molecule has 0 aliphatic carbocycles. The summed E-state index contributed by atoms with van der Waals surface area (Å²) in [6.45, 7) is 10.9. The third kappa shape index (κ3) is 13.9. The Labute approximate surface area is 380 Å². The topological polar surface area (TPSA) is 260 Å². The molecule has 0 aromatic carbocycles. The van der Waals surface area contributed by atoms with Gasteiger partial charge in [-0.3, -0.25) is 9.59 Å². The third-order valence-corrected chi connectivity index (χ3v) is 12.5. The van der Waals surface area contributed by atoms with Gasteiger partial charge < -0.3 is 63.4 Å². The predicted molar refractivity (Wildman–Crippen MR) is 230 cm³/mol. The molecule has 2 unspecified atom stereocenters. The molecule has 18 heteroatoms. The lowest BCUT2D eigenvalue weighted by Crippen LogP contribution is -2.62. The molecule has 3 fully saturated rings. The van der Waals surface area contributed by atoms with Crippen molar-refractivity contribution < 1.29 is 87.4 Å². The van der Waals surface area contributed by atoms with Crippen LogP contribution >= 0.6 is 0 Å². The van der Waals surface area contributed by atoms with Gasteiger partial charge in [-0.1, -0.05) is 70.6 Å². The minimum absolute atomic E-state index is 0.0623. The fraction of sp³-hybridized carbons (Fsp3) is 0.681. The lowest BCUT2D eigenvalue weighted by atomic mass is 9.70. The Bertz CT molecular complexity index is 1860. The van der Waals surface area contributed by atoms with E-state index in [0.29, 0.717) is 12.0 Å². The SMILES string of the molecule is CCC(O)/C=C/C=C/C(=O)O[C@H]1/C(=C/C(=O)OC)C[C@H]2CC([C@@H](C)O)OC(=O)C[C@@H](O)C[C@@H]3C[C@H](OC(C)=O)C(C)(C)[C@](O)(C[C@@H]4C/C(=C/C(=O)OC)C[C@H](/C=C\C(C)(C)[C@]1(O)O2)O4)O3. The van der Waals surface area contributed by atoms with Crippen molar-refractivity contribution in [2.45, 2.75) is 179 Å². The maximum atomic E-state index is 13.4. The zero-order valence-electron chi connectivity index (χ0n) is 38.8. The Morgan fingerprint density at radius 1 is 0.862 bits per heavy atom. The second kappa shape index (κ2) is 22.5. The molecule has 4 rings (SSSR count). The van der Waals surface area contributed by atoms with Crippen molar-refractivity contribution in [3.63, 3.8) is 0 Å². The second-order valence-electron chi connectivity index (χ2n) is 18.4. The van der Waals surface area contributed by atoms with E-state index < -0.39 is 120 Å². The van der Waals surface area contributed by atoms with Crippen molar-refractivity contribution in [1.29, 1.82) is 0 Å². The fourth-order valence-electron chi connectivity index (χ4n) is 8.56. The first kappa shape index (κ1) is 53.3. The molecule has 0 spiro atoms. The van der Waals surface area contributed by atoms with Crippen molar-refractivity contribution in [2.24, 2.45) is 10.8 Å². The summed E-state index contributed by atoms with van der Waals surface area (Å²) in [4.78, 5) is 64.7. The summed E-state index contributed by atoms with van der Waals surface area (Å²) in [5, 5.41) is 57.4. The molecule has 4 heterocycles. The molecule has 0 saturated carbocycles. The highest BCUT2D eigenvalue weighted by Crippen LogP contribution is 2.50. The van der Waals surface area contributed by atoms with E-state index in [-0.39, 0.29) is 50.5 Å². The predicted octanol–water partition coefficient (Wildman–Crippen LogP) is 3.25. The van der Waals surface area contributed by atoms with Crippen LogP contribution < -0.4 is 0 Å². The molecule has 0 radical (unpaired) electrons. The van der Waals surface area contributed by atoms with Crippen molar-refractivity contribution >= 4 is 29.8 Å². The van der Waals surface area contributed by atoms with Crippen molar-refractivity contribution in [2.75, 3.05) is 14.2 Å². The van der Waals surface area contributed by atoms with E-state index in [1.54, 1.807) is 46.8 Å². The largest absolute Gasteiger partial charge is 0.466 e. The maximum Gasteiger partial charge on any atom is 0.331 e. The van der Waals surface area contributed by atoms with Crippen LogP contribution in [0.3, 0.4) is 0 Å². The van der Waals surface area contributed by atoms with Gasteiger partial charge in [-0.2, -0.15) is 0 Å². The highest BCUT2D eigenvalue weighted by Gasteiger charge is 2.59. The van der Waals surface area contributed by atoms with Gasteiger partial charge >= 0.3 is 29.8 Å². The smallest absolute Gasteiger partial charge is 0.331 e. The van der Waals surface area contributed by atoms with Crippen molar-refractivity contribution in [3.8, 4) is 0 Å². The van der Waals surface area contributed by atoms with Crippen LogP contribution in [0.1, 0.15) is 106 Å². The van der Waals surface area contributed by atoms with Gasteiger partial charge in [0.1, 0.15) is 12.2 Å². The number of carbonyl (C=O) groups excluding carboxylic acids is 5. The molecular formula is C47H68O18. The number of ether oxygens (including phenoxy) is 8. The Morgan fingerprint density at radius 2 is 1.54 bits per heavy atom. The first-order valence-corrected chi connectivity index (χ1v) is 22.0.